The maximum absolute atomic E-state index is 11.4. The predicted octanol–water partition coefficient (Wildman–Crippen LogP) is -0.829. The normalized spacial score (nSPS) is 11.0. The van der Waals surface area contributed by atoms with Crippen LogP contribution in [0.15, 0.2) is 42.5 Å². The first-order chi connectivity index (χ1) is 8.22. The van der Waals surface area contributed by atoms with Crippen molar-refractivity contribution in [1.29, 1.82) is 0 Å². The van der Waals surface area contributed by atoms with Gasteiger partial charge in [0.1, 0.15) is 0 Å². The third kappa shape index (κ3) is 5.53. The van der Waals surface area contributed by atoms with Crippen molar-refractivity contribution in [1.82, 2.24) is 5.43 Å². The van der Waals surface area contributed by atoms with Gasteiger partial charge >= 0.3 is 5.97 Å². The van der Waals surface area contributed by atoms with E-state index in [0.29, 0.717) is 12.1 Å². The van der Waals surface area contributed by atoms with Crippen molar-refractivity contribution in [3.05, 3.63) is 42.5 Å². The molecule has 0 aliphatic rings. The van der Waals surface area contributed by atoms with Gasteiger partial charge in [-0.1, -0.05) is 6.07 Å². The number of esters is 1. The second-order valence-electron chi connectivity index (χ2n) is 3.40. The number of ether oxygens (including phenoxy) is 1. The molecule has 0 fully saturated rings. The lowest BCUT2D eigenvalue weighted by Crippen LogP contribution is -2.37. The first kappa shape index (κ1) is 13.0. The van der Waals surface area contributed by atoms with E-state index in [2.05, 4.69) is 5.43 Å². The van der Waals surface area contributed by atoms with Gasteiger partial charge in [0.05, 0.1) is 6.61 Å². The van der Waals surface area contributed by atoms with Gasteiger partial charge in [-0.3, -0.25) is 5.84 Å². The molecule has 0 amide bonds. The number of rotatable bonds is 6. The Labute approximate surface area is 99.8 Å². The van der Waals surface area contributed by atoms with Crippen LogP contribution in [0.2, 0.25) is 0 Å². The predicted molar refractivity (Wildman–Crippen MR) is 61.8 cm³/mol. The van der Waals surface area contributed by atoms with Crippen LogP contribution in [0.1, 0.15) is 6.42 Å². The molecule has 0 saturated heterocycles. The van der Waals surface area contributed by atoms with Crippen LogP contribution in [-0.2, 0) is 16.1 Å². The molecule has 92 valence electrons. The molecule has 0 unspecified atom stereocenters. The van der Waals surface area contributed by atoms with Crippen LogP contribution in [0, 0.1) is 0 Å². The van der Waals surface area contributed by atoms with Gasteiger partial charge in [0.15, 0.2) is 12.4 Å². The highest BCUT2D eigenvalue weighted by atomic mass is 16.5. The van der Waals surface area contributed by atoms with Crippen molar-refractivity contribution < 1.29 is 14.1 Å². The summed E-state index contributed by atoms with van der Waals surface area (Å²) in [5.41, 5.74) is 8.39. The number of nitrogens with zero attached hydrogens (tertiary/aromatic N) is 1. The lowest BCUT2D eigenvalue weighted by Gasteiger charge is -2.03. The second kappa shape index (κ2) is 7.24. The van der Waals surface area contributed by atoms with Crippen LogP contribution in [0.4, 0.5) is 0 Å². The average Bonchev–Trinajstić information content (AvgIpc) is 2.30. The Balaban J connectivity index is 2.25. The van der Waals surface area contributed by atoms with Crippen molar-refractivity contribution in [2.45, 2.75) is 13.0 Å². The summed E-state index contributed by atoms with van der Waals surface area (Å²) in [6.07, 6.45) is 5.51. The number of pyridine rings is 1. The topological polar surface area (TPSA) is 94.2 Å². The minimum atomic E-state index is -0.297. The first-order valence-electron chi connectivity index (χ1n) is 5.22. The molecule has 0 spiro atoms. The molecule has 6 nitrogen and oxygen atoms in total. The number of nitrogens with two attached hydrogens (primary N) is 2. The Morgan fingerprint density at radius 3 is 2.71 bits per heavy atom. The molecule has 1 rings (SSSR count). The third-order valence-electron chi connectivity index (χ3n) is 2.01. The van der Waals surface area contributed by atoms with Gasteiger partial charge in [-0.15, -0.1) is 0 Å². The largest absolute Gasteiger partial charge is 0.461 e. The molecule has 17 heavy (non-hydrogen) atoms. The van der Waals surface area contributed by atoms with Gasteiger partial charge in [0.25, 0.3) is 0 Å². The number of aromatic nitrogens is 1. The Hall–Kier alpha value is -2.08. The van der Waals surface area contributed by atoms with Crippen LogP contribution in [0.5, 0.6) is 0 Å². The smallest absolute Gasteiger partial charge is 0.372 e. The second-order valence-corrected chi connectivity index (χ2v) is 3.40. The van der Waals surface area contributed by atoms with Crippen LogP contribution >= 0.6 is 0 Å². The van der Waals surface area contributed by atoms with E-state index in [4.69, 9.17) is 16.3 Å². The summed E-state index contributed by atoms with van der Waals surface area (Å²) in [4.78, 5) is 11.4. The van der Waals surface area contributed by atoms with Crippen molar-refractivity contribution in [2.24, 2.45) is 11.6 Å². The average molecular weight is 237 g/mol. The van der Waals surface area contributed by atoms with Crippen LogP contribution in [0.3, 0.4) is 0 Å². The zero-order valence-electron chi connectivity index (χ0n) is 9.50. The zero-order chi connectivity index (χ0) is 12.5. The molecule has 0 atom stereocenters. The van der Waals surface area contributed by atoms with E-state index in [1.165, 1.54) is 6.20 Å². The minimum absolute atomic E-state index is 0.194. The summed E-state index contributed by atoms with van der Waals surface area (Å²) < 4.78 is 6.75. The highest BCUT2D eigenvalue weighted by molar-refractivity contribution is 5.67. The fourth-order valence-corrected chi connectivity index (χ4v) is 1.20. The number of hydrogen-bond acceptors (Lipinski definition) is 5. The first-order valence-corrected chi connectivity index (χ1v) is 5.22. The Bertz CT molecular complexity index is 378. The monoisotopic (exact) mass is 237 g/mol. The van der Waals surface area contributed by atoms with E-state index < -0.39 is 0 Å². The quantitative estimate of drug-likeness (QED) is 0.260. The lowest BCUT2D eigenvalue weighted by molar-refractivity contribution is -0.686. The van der Waals surface area contributed by atoms with E-state index in [-0.39, 0.29) is 19.1 Å². The fraction of sp³-hybridized carbons (Fsp3) is 0.273. The summed E-state index contributed by atoms with van der Waals surface area (Å²) in [6.45, 7) is 0.440. The third-order valence-corrected chi connectivity index (χ3v) is 2.01. The molecular formula is C11H17N4O2+. The maximum atomic E-state index is 11.4. The lowest BCUT2D eigenvalue weighted by atomic mass is 10.3. The molecule has 0 aromatic carbocycles. The van der Waals surface area contributed by atoms with E-state index in [1.54, 1.807) is 17.0 Å². The van der Waals surface area contributed by atoms with E-state index in [9.17, 15) is 4.79 Å². The molecule has 1 aromatic heterocycles. The Morgan fingerprint density at radius 2 is 2.06 bits per heavy atom. The van der Waals surface area contributed by atoms with Gasteiger partial charge in [0.2, 0.25) is 6.54 Å². The summed E-state index contributed by atoms with van der Waals surface area (Å²) in [5.74, 6) is 4.75. The summed E-state index contributed by atoms with van der Waals surface area (Å²) in [5, 5.41) is 0. The van der Waals surface area contributed by atoms with Crippen LogP contribution < -0.4 is 21.6 Å². The number of nitrogens with one attached hydrogen (secondary N) is 1. The molecular weight excluding hydrogens is 220 g/mol. The number of hydrazine groups is 1. The Morgan fingerprint density at radius 1 is 1.35 bits per heavy atom. The summed E-state index contributed by atoms with van der Waals surface area (Å²) in [6, 6.07) is 5.58. The van der Waals surface area contributed by atoms with Crippen molar-refractivity contribution in [3.8, 4) is 0 Å². The minimum Gasteiger partial charge on any atom is -0.461 e. The fourth-order valence-electron chi connectivity index (χ4n) is 1.20. The number of carbonyl (C=O) groups is 1. The van der Waals surface area contributed by atoms with E-state index >= 15 is 0 Å². The van der Waals surface area contributed by atoms with E-state index in [1.807, 2.05) is 18.2 Å². The maximum Gasteiger partial charge on any atom is 0.372 e. The van der Waals surface area contributed by atoms with Gasteiger partial charge < -0.3 is 15.9 Å². The zero-order valence-corrected chi connectivity index (χ0v) is 9.50. The van der Waals surface area contributed by atoms with Gasteiger partial charge in [-0.25, -0.2) is 4.79 Å². The van der Waals surface area contributed by atoms with Gasteiger partial charge in [0, 0.05) is 30.5 Å². The highest BCUT2D eigenvalue weighted by Crippen LogP contribution is 1.92. The Kier molecular flexibility index (Phi) is 5.53. The molecule has 0 saturated carbocycles. The molecule has 1 heterocycles. The van der Waals surface area contributed by atoms with Crippen molar-refractivity contribution >= 4 is 5.97 Å². The standard InChI is InChI=1S/C11H17N4O2/c12-10(8-14-13)4-7-17-11(16)9-15-5-2-1-3-6-15/h1-3,5-6,8,14H,4,7,9,12-13H2/q+1/b10-8-. The van der Waals surface area contributed by atoms with Crippen molar-refractivity contribution in [2.75, 3.05) is 6.61 Å². The van der Waals surface area contributed by atoms with Crippen molar-refractivity contribution in [3.63, 3.8) is 0 Å². The summed E-state index contributed by atoms with van der Waals surface area (Å²) >= 11 is 0. The number of hydrogen-bond donors (Lipinski definition) is 3. The molecule has 0 radical (unpaired) electrons. The highest BCUT2D eigenvalue weighted by Gasteiger charge is 2.09. The summed E-state index contributed by atoms with van der Waals surface area (Å²) in [7, 11) is 0. The van der Waals surface area contributed by atoms with Crippen LogP contribution in [-0.4, -0.2) is 12.6 Å². The molecule has 5 N–H and O–H groups in total. The molecule has 0 aliphatic carbocycles. The number of carbonyl (C=O) groups excluding carboxylic acids is 1. The SMILES string of the molecule is NN/C=C(\N)CCOC(=O)C[n+]1ccccc1. The van der Waals surface area contributed by atoms with Crippen LogP contribution in [0.25, 0.3) is 0 Å². The van der Waals surface area contributed by atoms with E-state index in [0.717, 1.165) is 0 Å². The molecule has 0 bridgehead atoms. The van der Waals surface area contributed by atoms with Gasteiger partial charge in [-0.2, -0.15) is 4.57 Å². The molecule has 6 heteroatoms. The van der Waals surface area contributed by atoms with Gasteiger partial charge in [-0.05, 0) is 0 Å². The molecule has 0 aliphatic heterocycles. The molecule has 1 aromatic rings.